The van der Waals surface area contributed by atoms with Crippen molar-refractivity contribution in [2.45, 2.75) is 84.5 Å². The highest BCUT2D eigenvalue weighted by molar-refractivity contribution is 6.14. The summed E-state index contributed by atoms with van der Waals surface area (Å²) in [6, 6.07) is 12.9. The highest BCUT2D eigenvalue weighted by Gasteiger charge is 2.22. The average Bonchev–Trinajstić information content (AvgIpc) is 3.17. The summed E-state index contributed by atoms with van der Waals surface area (Å²) in [6.45, 7) is 4.19. The van der Waals surface area contributed by atoms with Gasteiger partial charge in [-0.15, -0.1) is 0 Å². The van der Waals surface area contributed by atoms with E-state index in [0.717, 1.165) is 24.0 Å². The van der Waals surface area contributed by atoms with E-state index in [1.807, 2.05) is 6.92 Å². The van der Waals surface area contributed by atoms with Gasteiger partial charge in [0, 0.05) is 5.57 Å². The molecule has 0 saturated carbocycles. The quantitative estimate of drug-likeness (QED) is 0.185. The van der Waals surface area contributed by atoms with Crippen molar-refractivity contribution in [3.05, 3.63) is 58.7 Å². The van der Waals surface area contributed by atoms with Gasteiger partial charge in [0.1, 0.15) is 0 Å². The summed E-state index contributed by atoms with van der Waals surface area (Å²) in [5.74, 6) is -0.217. The molecule has 0 bridgehead atoms. The van der Waals surface area contributed by atoms with E-state index >= 15 is 0 Å². The van der Waals surface area contributed by atoms with Gasteiger partial charge in [-0.05, 0) is 58.9 Å². The van der Waals surface area contributed by atoms with E-state index in [2.05, 4.69) is 49.4 Å². The minimum absolute atomic E-state index is 0.217. The van der Waals surface area contributed by atoms with Crippen molar-refractivity contribution in [3.63, 3.8) is 0 Å². The molecule has 0 aliphatic heterocycles. The molecular formula is C29H38O2. The number of hydrogen-bond acceptors (Lipinski definition) is 2. The zero-order chi connectivity index (χ0) is 22.1. The molecule has 0 aromatic heterocycles. The molecule has 0 N–H and O–H groups in total. The number of benzene rings is 2. The predicted molar refractivity (Wildman–Crippen MR) is 133 cm³/mol. The van der Waals surface area contributed by atoms with Gasteiger partial charge in [0.2, 0.25) is 0 Å². The fourth-order valence-corrected chi connectivity index (χ4v) is 4.79. The molecule has 3 rings (SSSR count). The molecule has 0 spiro atoms. The van der Waals surface area contributed by atoms with E-state index in [0.29, 0.717) is 0 Å². The Morgan fingerprint density at radius 3 is 2.10 bits per heavy atom. The van der Waals surface area contributed by atoms with Gasteiger partial charge in [0.05, 0.1) is 7.11 Å². The molecule has 0 amide bonds. The van der Waals surface area contributed by atoms with E-state index in [4.69, 9.17) is 4.74 Å². The first kappa shape index (κ1) is 23.3. The fourth-order valence-electron chi connectivity index (χ4n) is 4.79. The molecule has 2 heteroatoms. The van der Waals surface area contributed by atoms with Crippen molar-refractivity contribution in [2.75, 3.05) is 7.11 Å². The summed E-state index contributed by atoms with van der Waals surface area (Å²) in [5.41, 5.74) is 5.59. The minimum atomic E-state index is -0.217. The summed E-state index contributed by atoms with van der Waals surface area (Å²) in [4.78, 5) is 12.4. The van der Waals surface area contributed by atoms with Gasteiger partial charge in [0.25, 0.3) is 0 Å². The topological polar surface area (TPSA) is 26.3 Å². The molecule has 166 valence electrons. The highest BCUT2D eigenvalue weighted by Crippen LogP contribution is 2.42. The number of carbonyl (C=O) groups excluding carboxylic acids is 1. The number of allylic oxidation sites excluding steroid dienone is 2. The van der Waals surface area contributed by atoms with Crippen LogP contribution >= 0.6 is 0 Å². The zero-order valence-electron chi connectivity index (χ0n) is 19.6. The smallest absolute Gasteiger partial charge is 0.333 e. The maximum Gasteiger partial charge on any atom is 0.333 e. The third-order valence-corrected chi connectivity index (χ3v) is 6.58. The molecule has 31 heavy (non-hydrogen) atoms. The molecule has 2 aromatic rings. The van der Waals surface area contributed by atoms with Crippen LogP contribution in [-0.4, -0.2) is 13.1 Å². The molecule has 1 aliphatic rings. The second kappa shape index (κ2) is 11.9. The highest BCUT2D eigenvalue weighted by atomic mass is 16.5. The van der Waals surface area contributed by atoms with E-state index < -0.39 is 0 Å². The third-order valence-electron chi connectivity index (χ3n) is 6.58. The summed E-state index contributed by atoms with van der Waals surface area (Å²) >= 11 is 0. The Bertz CT molecular complexity index is 943. The van der Waals surface area contributed by atoms with E-state index in [1.54, 1.807) is 0 Å². The molecule has 0 saturated heterocycles. The van der Waals surface area contributed by atoms with Gasteiger partial charge in [-0.1, -0.05) is 101 Å². The Morgan fingerprint density at radius 2 is 1.45 bits per heavy atom. The average molecular weight is 419 g/mol. The Kier molecular flexibility index (Phi) is 8.94. The Hall–Kier alpha value is -2.35. The van der Waals surface area contributed by atoms with Crippen molar-refractivity contribution >= 4 is 28.4 Å². The molecule has 2 nitrogen and oxygen atoms in total. The minimum Gasteiger partial charge on any atom is -0.466 e. The summed E-state index contributed by atoms with van der Waals surface area (Å²) in [7, 11) is 1.47. The largest absolute Gasteiger partial charge is 0.466 e. The second-order valence-electron chi connectivity index (χ2n) is 8.84. The lowest BCUT2D eigenvalue weighted by Gasteiger charge is -2.14. The molecule has 0 unspecified atom stereocenters. The number of rotatable bonds is 13. The molecule has 2 aromatic carbocycles. The van der Waals surface area contributed by atoms with Crippen LogP contribution in [0.25, 0.3) is 22.4 Å². The predicted octanol–water partition coefficient (Wildman–Crippen LogP) is 8.49. The third kappa shape index (κ3) is 5.87. The van der Waals surface area contributed by atoms with Gasteiger partial charge >= 0.3 is 5.97 Å². The van der Waals surface area contributed by atoms with E-state index in [-0.39, 0.29) is 5.97 Å². The summed E-state index contributed by atoms with van der Waals surface area (Å²) in [5, 5.41) is 2.56. The molecule has 0 atom stereocenters. The summed E-state index contributed by atoms with van der Waals surface area (Å²) < 4.78 is 5.08. The van der Waals surface area contributed by atoms with Crippen LogP contribution in [-0.2, 0) is 9.53 Å². The zero-order valence-corrected chi connectivity index (χ0v) is 19.6. The van der Waals surface area contributed by atoms with Crippen LogP contribution in [0.3, 0.4) is 0 Å². The lowest BCUT2D eigenvalue weighted by molar-refractivity contribution is -0.136. The molecule has 1 aliphatic carbocycles. The Balaban J connectivity index is 1.63. The lowest BCUT2D eigenvalue weighted by Crippen LogP contribution is -2.06. The standard InChI is InChI=1S/C29H38O2/c1-4-5-6-7-8-9-10-11-12-13-19-25(22(2)29(30)31-3)27-21-24-18-14-16-23-17-15-20-26(27)28(23)24/h14-18,20-21H,4-13,19H2,1-3H3. The first-order chi connectivity index (χ1) is 15.2. The first-order valence-corrected chi connectivity index (χ1v) is 12.2. The van der Waals surface area contributed by atoms with E-state index in [9.17, 15) is 4.79 Å². The maximum atomic E-state index is 12.4. The van der Waals surface area contributed by atoms with Crippen molar-refractivity contribution in [3.8, 4) is 0 Å². The SMILES string of the molecule is CCCCCCCCCCCCC(C1=Cc2cccc3cccc1c23)=C(C)C(=O)OC. The number of methoxy groups -OCH3 is 1. The normalized spacial score (nSPS) is 13.3. The number of hydrogen-bond donors (Lipinski definition) is 0. The van der Waals surface area contributed by atoms with Gasteiger partial charge in [-0.2, -0.15) is 0 Å². The molecule has 0 heterocycles. The number of unbranched alkanes of at least 4 members (excludes halogenated alkanes) is 9. The monoisotopic (exact) mass is 418 g/mol. The van der Waals surface area contributed by atoms with Crippen molar-refractivity contribution in [1.29, 1.82) is 0 Å². The van der Waals surface area contributed by atoms with Gasteiger partial charge in [-0.3, -0.25) is 0 Å². The van der Waals surface area contributed by atoms with Crippen LogP contribution in [0.15, 0.2) is 47.5 Å². The van der Waals surface area contributed by atoms with Crippen molar-refractivity contribution in [1.82, 2.24) is 0 Å². The van der Waals surface area contributed by atoms with Crippen LogP contribution in [0.4, 0.5) is 0 Å². The molecule has 0 radical (unpaired) electrons. The van der Waals surface area contributed by atoms with Crippen LogP contribution in [0.2, 0.25) is 0 Å². The Morgan fingerprint density at radius 1 is 0.839 bits per heavy atom. The summed E-state index contributed by atoms with van der Waals surface area (Å²) in [6.07, 6.45) is 16.3. The van der Waals surface area contributed by atoms with Crippen LogP contribution < -0.4 is 0 Å². The number of esters is 1. The van der Waals surface area contributed by atoms with Crippen LogP contribution in [0.5, 0.6) is 0 Å². The van der Waals surface area contributed by atoms with E-state index in [1.165, 1.54) is 92.4 Å². The van der Waals surface area contributed by atoms with Crippen LogP contribution in [0.1, 0.15) is 95.6 Å². The fraction of sp³-hybridized carbons (Fsp3) is 0.483. The first-order valence-electron chi connectivity index (χ1n) is 12.2. The number of carbonyl (C=O) groups is 1. The lowest BCUT2D eigenvalue weighted by atomic mass is 9.90. The van der Waals surface area contributed by atoms with Gasteiger partial charge < -0.3 is 4.74 Å². The second-order valence-corrected chi connectivity index (χ2v) is 8.84. The molecular weight excluding hydrogens is 380 g/mol. The van der Waals surface area contributed by atoms with Gasteiger partial charge in [-0.25, -0.2) is 4.79 Å². The van der Waals surface area contributed by atoms with Gasteiger partial charge in [0.15, 0.2) is 0 Å². The Labute approximate surface area is 188 Å². The van der Waals surface area contributed by atoms with Crippen molar-refractivity contribution < 1.29 is 9.53 Å². The van der Waals surface area contributed by atoms with Crippen LogP contribution in [0, 0.1) is 0 Å². The molecule has 0 fully saturated rings. The van der Waals surface area contributed by atoms with Crippen molar-refractivity contribution in [2.24, 2.45) is 0 Å². The number of ether oxygens (including phenoxy) is 1. The maximum absolute atomic E-state index is 12.4.